The van der Waals surface area contributed by atoms with E-state index >= 15 is 0 Å². The molecule has 0 N–H and O–H groups in total. The van der Waals surface area contributed by atoms with Crippen molar-refractivity contribution in [3.05, 3.63) is 23.8 Å². The fraction of sp³-hybridized carbons (Fsp3) is 0.400. The number of carbonyl (C=O) groups excluding carboxylic acids is 3. The molecule has 9 heteroatoms. The molecule has 0 spiro atoms. The zero-order valence-corrected chi connectivity index (χ0v) is 14.3. The summed E-state index contributed by atoms with van der Waals surface area (Å²) in [5.74, 6) is -0.862. The van der Waals surface area contributed by atoms with Crippen molar-refractivity contribution in [3.63, 3.8) is 0 Å². The number of hydrogen-bond acceptors (Lipinski definition) is 7. The first-order valence-corrected chi connectivity index (χ1v) is 8.01. The van der Waals surface area contributed by atoms with Crippen molar-refractivity contribution in [1.29, 1.82) is 0 Å². The molecule has 0 saturated carbocycles. The molecule has 2 heterocycles. The van der Waals surface area contributed by atoms with Gasteiger partial charge < -0.3 is 9.64 Å². The highest BCUT2D eigenvalue weighted by atomic mass is 32.1. The van der Waals surface area contributed by atoms with Gasteiger partial charge in [-0.05, 0) is 31.5 Å². The summed E-state index contributed by atoms with van der Waals surface area (Å²) in [4.78, 5) is 38.4. The zero-order chi connectivity index (χ0) is 17.5. The van der Waals surface area contributed by atoms with E-state index in [4.69, 9.17) is 4.74 Å². The maximum atomic E-state index is 12.3. The maximum absolute atomic E-state index is 12.3. The van der Waals surface area contributed by atoms with Crippen LogP contribution in [0.15, 0.2) is 18.2 Å². The molecule has 2 aromatic rings. The van der Waals surface area contributed by atoms with Gasteiger partial charge in [-0.15, -0.1) is 0 Å². The first-order valence-electron chi connectivity index (χ1n) is 7.28. The summed E-state index contributed by atoms with van der Waals surface area (Å²) in [7, 11) is 1.61. The Morgan fingerprint density at radius 1 is 1.29 bits per heavy atom. The summed E-state index contributed by atoms with van der Waals surface area (Å²) in [5, 5.41) is 0. The van der Waals surface area contributed by atoms with E-state index in [0.717, 1.165) is 33.2 Å². The molecule has 1 fully saturated rings. The highest BCUT2D eigenvalue weighted by molar-refractivity contribution is 7.00. The molecule has 1 aliphatic rings. The lowest BCUT2D eigenvalue weighted by Gasteiger charge is -2.20. The van der Waals surface area contributed by atoms with Crippen LogP contribution in [0, 0.1) is 0 Å². The van der Waals surface area contributed by atoms with Crippen LogP contribution in [0.4, 0.5) is 4.79 Å². The van der Waals surface area contributed by atoms with Crippen LogP contribution in [0.25, 0.3) is 11.0 Å². The van der Waals surface area contributed by atoms with Gasteiger partial charge in [0.1, 0.15) is 17.6 Å². The fourth-order valence-electron chi connectivity index (χ4n) is 2.41. The third-order valence-corrected chi connectivity index (χ3v) is 4.34. The number of amides is 3. The summed E-state index contributed by atoms with van der Waals surface area (Å²) in [6.07, 6.45) is -0.790. The molecule has 0 aliphatic carbocycles. The number of benzene rings is 1. The molecule has 8 nitrogen and oxygen atoms in total. The Hall–Kier alpha value is -2.55. The second kappa shape index (κ2) is 5.82. The Bertz CT molecular complexity index is 832. The van der Waals surface area contributed by atoms with Crippen molar-refractivity contribution < 1.29 is 19.1 Å². The Kier molecular flexibility index (Phi) is 3.96. The van der Waals surface area contributed by atoms with Gasteiger partial charge in [0.05, 0.1) is 11.7 Å². The van der Waals surface area contributed by atoms with Crippen LogP contribution in [0.1, 0.15) is 19.4 Å². The molecule has 0 unspecified atom stereocenters. The number of aromatic nitrogens is 2. The molecule has 3 amide bonds. The lowest BCUT2D eigenvalue weighted by atomic mass is 10.1. The monoisotopic (exact) mass is 348 g/mol. The van der Waals surface area contributed by atoms with Crippen LogP contribution >= 0.6 is 11.7 Å². The molecule has 126 valence electrons. The topological polar surface area (TPSA) is 92.7 Å². The van der Waals surface area contributed by atoms with E-state index in [0.29, 0.717) is 6.54 Å². The van der Waals surface area contributed by atoms with E-state index in [2.05, 4.69) is 8.75 Å². The Morgan fingerprint density at radius 2 is 2.00 bits per heavy atom. The summed E-state index contributed by atoms with van der Waals surface area (Å²) >= 11 is 1.13. The minimum atomic E-state index is -1.22. The number of carbonyl (C=O) groups is 3. The van der Waals surface area contributed by atoms with Gasteiger partial charge in [0.25, 0.3) is 5.91 Å². The second-order valence-corrected chi connectivity index (χ2v) is 6.64. The Morgan fingerprint density at radius 3 is 2.67 bits per heavy atom. The molecule has 24 heavy (non-hydrogen) atoms. The molecular formula is C15H16N4O4S. The Labute approximate surface area is 142 Å². The predicted molar refractivity (Wildman–Crippen MR) is 86.2 cm³/mol. The van der Waals surface area contributed by atoms with Gasteiger partial charge in [0.15, 0.2) is 5.60 Å². The predicted octanol–water partition coefficient (Wildman–Crippen LogP) is 1.41. The van der Waals surface area contributed by atoms with Crippen molar-refractivity contribution in [2.45, 2.75) is 26.0 Å². The smallest absolute Gasteiger partial charge is 0.418 e. The van der Waals surface area contributed by atoms with E-state index < -0.39 is 17.6 Å². The van der Waals surface area contributed by atoms with Gasteiger partial charge in [0.2, 0.25) is 5.91 Å². The van der Waals surface area contributed by atoms with Gasteiger partial charge in [-0.1, -0.05) is 6.07 Å². The van der Waals surface area contributed by atoms with Crippen molar-refractivity contribution in [2.75, 3.05) is 13.6 Å². The number of nitrogens with zero attached hydrogens (tertiary/aromatic N) is 4. The van der Waals surface area contributed by atoms with Gasteiger partial charge >= 0.3 is 6.09 Å². The first kappa shape index (κ1) is 16.3. The lowest BCUT2D eigenvalue weighted by molar-refractivity contribution is -0.139. The summed E-state index contributed by atoms with van der Waals surface area (Å²) in [6, 6.07) is 5.57. The second-order valence-electron chi connectivity index (χ2n) is 6.11. The lowest BCUT2D eigenvalue weighted by Crippen LogP contribution is -2.43. The van der Waals surface area contributed by atoms with Crippen LogP contribution in [-0.2, 0) is 20.9 Å². The van der Waals surface area contributed by atoms with Crippen LogP contribution < -0.4 is 0 Å². The largest absolute Gasteiger partial charge is 0.433 e. The molecule has 3 rings (SSSR count). The molecule has 0 radical (unpaired) electrons. The first-order chi connectivity index (χ1) is 11.3. The summed E-state index contributed by atoms with van der Waals surface area (Å²) in [6.45, 7) is 3.00. The Balaban J connectivity index is 1.66. The molecule has 1 aromatic carbocycles. The quantitative estimate of drug-likeness (QED) is 0.829. The normalized spacial score (nSPS) is 16.5. The van der Waals surface area contributed by atoms with Crippen LogP contribution in [0.5, 0.6) is 0 Å². The average Bonchev–Trinajstić information content (AvgIpc) is 3.04. The maximum Gasteiger partial charge on any atom is 0.418 e. The van der Waals surface area contributed by atoms with Gasteiger partial charge in [-0.25, -0.2) is 9.69 Å². The molecular weight excluding hydrogens is 332 g/mol. The minimum Gasteiger partial charge on any atom is -0.433 e. The number of fused-ring (bicyclic) bond motifs is 1. The molecule has 0 bridgehead atoms. The highest BCUT2D eigenvalue weighted by Crippen LogP contribution is 2.23. The van der Waals surface area contributed by atoms with Crippen molar-refractivity contribution in [3.8, 4) is 0 Å². The third-order valence-electron chi connectivity index (χ3n) is 3.78. The number of imide groups is 1. The van der Waals surface area contributed by atoms with Gasteiger partial charge in [-0.3, -0.25) is 9.59 Å². The van der Waals surface area contributed by atoms with E-state index in [-0.39, 0.29) is 12.5 Å². The van der Waals surface area contributed by atoms with E-state index in [1.54, 1.807) is 7.05 Å². The molecule has 1 aromatic heterocycles. The number of ether oxygens (including phenoxy) is 1. The number of rotatable bonds is 4. The van der Waals surface area contributed by atoms with Gasteiger partial charge in [-0.2, -0.15) is 8.75 Å². The third kappa shape index (κ3) is 2.94. The van der Waals surface area contributed by atoms with Gasteiger partial charge in [0, 0.05) is 13.6 Å². The number of cyclic esters (lactones) is 1. The molecule has 1 aliphatic heterocycles. The van der Waals surface area contributed by atoms with Crippen LogP contribution in [-0.4, -0.2) is 55.6 Å². The molecule has 1 saturated heterocycles. The summed E-state index contributed by atoms with van der Waals surface area (Å²) < 4.78 is 13.3. The average molecular weight is 348 g/mol. The SMILES string of the molecule is CN(Cc1ccc2nsnc2c1)C(=O)CN1C(=O)OC(C)(C)C1=O. The van der Waals surface area contributed by atoms with E-state index in [9.17, 15) is 14.4 Å². The van der Waals surface area contributed by atoms with Crippen LogP contribution in [0.2, 0.25) is 0 Å². The zero-order valence-electron chi connectivity index (χ0n) is 13.5. The van der Waals surface area contributed by atoms with Crippen LogP contribution in [0.3, 0.4) is 0 Å². The fourth-order valence-corrected chi connectivity index (χ4v) is 2.92. The number of hydrogen-bond donors (Lipinski definition) is 0. The van der Waals surface area contributed by atoms with E-state index in [1.807, 2.05) is 18.2 Å². The van der Waals surface area contributed by atoms with E-state index in [1.165, 1.54) is 18.7 Å². The minimum absolute atomic E-state index is 0.335. The van der Waals surface area contributed by atoms with Crippen molar-refractivity contribution in [2.24, 2.45) is 0 Å². The highest BCUT2D eigenvalue weighted by Gasteiger charge is 2.47. The number of likely N-dealkylation sites (N-methyl/N-ethyl adjacent to an activating group) is 1. The van der Waals surface area contributed by atoms with Crippen molar-refractivity contribution >= 4 is 40.7 Å². The molecule has 0 atom stereocenters. The summed E-state index contributed by atoms with van der Waals surface area (Å²) in [5.41, 5.74) is 1.25. The van der Waals surface area contributed by atoms with Crippen molar-refractivity contribution in [1.82, 2.24) is 18.5 Å². The standard InChI is InChI=1S/C15H16N4O4S/c1-15(2)13(21)19(14(22)23-15)8-12(20)18(3)7-9-4-5-10-11(6-9)17-24-16-10/h4-6H,7-8H2,1-3H3.